The summed E-state index contributed by atoms with van der Waals surface area (Å²) in [6.45, 7) is 0. The second-order valence-electron chi connectivity index (χ2n) is 5.21. The molecule has 2 atom stereocenters. The molecular weight excluding hydrogens is 305 g/mol. The molecule has 0 unspecified atom stereocenters. The van der Waals surface area contributed by atoms with Crippen LogP contribution in [-0.2, 0) is 0 Å². The minimum absolute atomic E-state index is 0.234. The zero-order valence-electron chi connectivity index (χ0n) is 10.6. The molecule has 1 aliphatic rings. The molecule has 5 heteroatoms. The molecule has 1 aromatic carbocycles. The molecule has 1 aliphatic carbocycles. The normalized spacial score (nSPS) is 20.3. The van der Waals surface area contributed by atoms with Gasteiger partial charge < -0.3 is 10.8 Å². The van der Waals surface area contributed by atoms with Gasteiger partial charge in [0.15, 0.2) is 0 Å². The van der Waals surface area contributed by atoms with E-state index in [1.807, 2.05) is 0 Å². The van der Waals surface area contributed by atoms with Gasteiger partial charge in [-0.25, -0.2) is 0 Å². The molecule has 19 heavy (non-hydrogen) atoms. The molecule has 0 saturated heterocycles. The lowest BCUT2D eigenvalue weighted by Crippen LogP contribution is -2.34. The van der Waals surface area contributed by atoms with Gasteiger partial charge >= 0.3 is 0 Å². The van der Waals surface area contributed by atoms with Crippen LogP contribution in [0.3, 0.4) is 0 Å². The standard InChI is InChI=1S/C14H18Cl3NO/c15-9-6-10(12(17)11(16)7-9)13(18)14(19)8-4-2-1-3-5-8/h6-8,13-14,19H,1-5,18H2/t13-,14+/m0/s1. The number of rotatable bonds is 3. The predicted octanol–water partition coefficient (Wildman–Crippen LogP) is 4.59. The van der Waals surface area contributed by atoms with Crippen LogP contribution in [-0.4, -0.2) is 11.2 Å². The van der Waals surface area contributed by atoms with Gasteiger partial charge in [-0.2, -0.15) is 0 Å². The lowest BCUT2D eigenvalue weighted by Gasteiger charge is -2.31. The first-order valence-corrected chi connectivity index (χ1v) is 7.72. The van der Waals surface area contributed by atoms with Gasteiger partial charge in [0.05, 0.1) is 22.2 Å². The molecule has 1 fully saturated rings. The topological polar surface area (TPSA) is 46.2 Å². The Morgan fingerprint density at radius 3 is 2.37 bits per heavy atom. The van der Waals surface area contributed by atoms with E-state index >= 15 is 0 Å². The minimum Gasteiger partial charge on any atom is -0.391 e. The summed E-state index contributed by atoms with van der Waals surface area (Å²) in [6.07, 6.45) is 4.97. The zero-order valence-corrected chi connectivity index (χ0v) is 12.8. The Bertz CT molecular complexity index is 447. The fourth-order valence-corrected chi connectivity index (χ4v) is 3.52. The molecule has 1 aromatic rings. The van der Waals surface area contributed by atoms with Gasteiger partial charge in [0.2, 0.25) is 0 Å². The van der Waals surface area contributed by atoms with Crippen LogP contribution >= 0.6 is 34.8 Å². The van der Waals surface area contributed by atoms with Crippen molar-refractivity contribution < 1.29 is 5.11 Å². The van der Waals surface area contributed by atoms with Crippen LogP contribution in [0.15, 0.2) is 12.1 Å². The van der Waals surface area contributed by atoms with Crippen LogP contribution in [0.4, 0.5) is 0 Å². The van der Waals surface area contributed by atoms with Gasteiger partial charge in [0.25, 0.3) is 0 Å². The van der Waals surface area contributed by atoms with Gasteiger partial charge in [-0.05, 0) is 36.5 Å². The third-order valence-corrected chi connectivity index (χ3v) is 4.92. The van der Waals surface area contributed by atoms with E-state index in [9.17, 15) is 5.11 Å². The third kappa shape index (κ3) is 3.56. The van der Waals surface area contributed by atoms with Crippen molar-refractivity contribution in [2.24, 2.45) is 11.7 Å². The summed E-state index contributed by atoms with van der Waals surface area (Å²) in [5.41, 5.74) is 6.78. The maximum atomic E-state index is 10.4. The van der Waals surface area contributed by atoms with Crippen molar-refractivity contribution in [1.29, 1.82) is 0 Å². The van der Waals surface area contributed by atoms with Gasteiger partial charge in [-0.15, -0.1) is 0 Å². The summed E-state index contributed by atoms with van der Waals surface area (Å²) in [4.78, 5) is 0. The molecule has 0 bridgehead atoms. The van der Waals surface area contributed by atoms with Crippen molar-refractivity contribution in [3.63, 3.8) is 0 Å². The summed E-state index contributed by atoms with van der Waals surface area (Å²) in [6, 6.07) is 2.72. The van der Waals surface area contributed by atoms with Crippen LogP contribution in [0.2, 0.25) is 15.1 Å². The van der Waals surface area contributed by atoms with Crippen LogP contribution in [0, 0.1) is 5.92 Å². The van der Waals surface area contributed by atoms with Crippen molar-refractivity contribution in [3.8, 4) is 0 Å². The number of benzene rings is 1. The number of hydrogen-bond donors (Lipinski definition) is 2. The first-order chi connectivity index (χ1) is 9.00. The zero-order chi connectivity index (χ0) is 14.0. The van der Waals surface area contributed by atoms with Crippen molar-refractivity contribution >= 4 is 34.8 Å². The smallest absolute Gasteiger partial charge is 0.0761 e. The Morgan fingerprint density at radius 2 is 1.74 bits per heavy atom. The van der Waals surface area contributed by atoms with E-state index in [0.29, 0.717) is 20.6 Å². The third-order valence-electron chi connectivity index (χ3n) is 3.88. The predicted molar refractivity (Wildman–Crippen MR) is 81.0 cm³/mol. The van der Waals surface area contributed by atoms with Gasteiger partial charge in [0.1, 0.15) is 0 Å². The molecule has 1 saturated carbocycles. The fourth-order valence-electron chi connectivity index (χ4n) is 2.77. The second kappa shape index (κ2) is 6.64. The van der Waals surface area contributed by atoms with Crippen molar-refractivity contribution in [3.05, 3.63) is 32.8 Å². The van der Waals surface area contributed by atoms with Crippen molar-refractivity contribution in [2.45, 2.75) is 44.2 Å². The van der Waals surface area contributed by atoms with Gasteiger partial charge in [-0.1, -0.05) is 54.1 Å². The molecule has 0 spiro atoms. The minimum atomic E-state index is -0.604. The van der Waals surface area contributed by atoms with Gasteiger partial charge in [-0.3, -0.25) is 0 Å². The van der Waals surface area contributed by atoms with E-state index in [4.69, 9.17) is 40.5 Å². The molecule has 0 aromatic heterocycles. The number of halogens is 3. The molecular formula is C14H18Cl3NO. The first-order valence-electron chi connectivity index (χ1n) is 6.59. The Labute approximate surface area is 128 Å². The molecule has 3 N–H and O–H groups in total. The lowest BCUT2D eigenvalue weighted by molar-refractivity contribution is 0.0618. The van der Waals surface area contributed by atoms with Crippen LogP contribution in [0.5, 0.6) is 0 Å². The van der Waals surface area contributed by atoms with Crippen LogP contribution in [0.1, 0.15) is 43.7 Å². The second-order valence-corrected chi connectivity index (χ2v) is 6.43. The quantitative estimate of drug-likeness (QED) is 0.800. The first kappa shape index (κ1) is 15.4. The molecule has 0 radical (unpaired) electrons. The highest BCUT2D eigenvalue weighted by molar-refractivity contribution is 6.43. The summed E-state index contributed by atoms with van der Waals surface area (Å²) in [5.74, 6) is 0.234. The number of aliphatic hydroxyl groups excluding tert-OH is 1. The molecule has 106 valence electrons. The Morgan fingerprint density at radius 1 is 1.11 bits per heavy atom. The van der Waals surface area contributed by atoms with Crippen molar-refractivity contribution in [1.82, 2.24) is 0 Å². The number of aliphatic hydroxyl groups is 1. The fraction of sp³-hybridized carbons (Fsp3) is 0.571. The average Bonchev–Trinajstić information content (AvgIpc) is 2.42. The van der Waals surface area contributed by atoms with Crippen molar-refractivity contribution in [2.75, 3.05) is 0 Å². The highest BCUT2D eigenvalue weighted by atomic mass is 35.5. The summed E-state index contributed by atoms with van der Waals surface area (Å²) >= 11 is 18.1. The summed E-state index contributed by atoms with van der Waals surface area (Å²) in [7, 11) is 0. The molecule has 0 aliphatic heterocycles. The maximum Gasteiger partial charge on any atom is 0.0761 e. The summed E-state index contributed by atoms with van der Waals surface area (Å²) < 4.78 is 0. The van der Waals surface area contributed by atoms with E-state index in [0.717, 1.165) is 25.7 Å². The lowest BCUT2D eigenvalue weighted by atomic mass is 9.81. The Kier molecular flexibility index (Phi) is 5.38. The van der Waals surface area contributed by atoms with E-state index in [-0.39, 0.29) is 5.92 Å². The van der Waals surface area contributed by atoms with Crippen LogP contribution < -0.4 is 5.73 Å². The van der Waals surface area contributed by atoms with E-state index in [1.54, 1.807) is 12.1 Å². The highest BCUT2D eigenvalue weighted by Gasteiger charge is 2.29. The van der Waals surface area contributed by atoms with E-state index in [1.165, 1.54) is 6.42 Å². The van der Waals surface area contributed by atoms with E-state index < -0.39 is 12.1 Å². The average molecular weight is 323 g/mol. The highest BCUT2D eigenvalue weighted by Crippen LogP contribution is 2.37. The molecule has 2 rings (SSSR count). The SMILES string of the molecule is N[C@@H](c1cc(Cl)cc(Cl)c1Cl)[C@H](O)C1CCCCC1. The molecule has 2 nitrogen and oxygen atoms in total. The molecule has 0 heterocycles. The van der Waals surface area contributed by atoms with E-state index in [2.05, 4.69) is 0 Å². The Balaban J connectivity index is 2.20. The van der Waals surface area contributed by atoms with Crippen LogP contribution in [0.25, 0.3) is 0 Å². The molecule has 0 amide bonds. The summed E-state index contributed by atoms with van der Waals surface area (Å²) in [5, 5.41) is 11.7. The number of hydrogen-bond acceptors (Lipinski definition) is 2. The number of nitrogens with two attached hydrogens (primary N) is 1. The largest absolute Gasteiger partial charge is 0.391 e. The monoisotopic (exact) mass is 321 g/mol. The Hall–Kier alpha value is 0.01000. The maximum absolute atomic E-state index is 10.4. The van der Waals surface area contributed by atoms with Gasteiger partial charge in [0, 0.05) is 5.02 Å².